The van der Waals surface area contributed by atoms with Gasteiger partial charge in [-0.05, 0) is 48.6 Å². The van der Waals surface area contributed by atoms with Crippen LogP contribution >= 0.6 is 11.8 Å². The van der Waals surface area contributed by atoms with Crippen LogP contribution in [0.1, 0.15) is 48.7 Å². The maximum atomic E-state index is 13.1. The second kappa shape index (κ2) is 9.06. The van der Waals surface area contributed by atoms with Gasteiger partial charge in [-0.3, -0.25) is 18.6 Å². The standard InChI is InChI=1S/C24H26N4O2S/c1-4-13-27-22(30)18-9-7-8-10-20(18)28-23(27)25-26-24(28)31-15-21(29)19-14-16(5-2)11-12-17(19)6-3/h7-12,14H,4-6,13,15H2,1-3H3. The number of carbonyl (C=O) groups excluding carboxylic acids is 1. The largest absolute Gasteiger partial charge is 0.293 e. The zero-order valence-electron chi connectivity index (χ0n) is 18.1. The van der Waals surface area contributed by atoms with Crippen LogP contribution in [-0.4, -0.2) is 30.7 Å². The van der Waals surface area contributed by atoms with Crippen molar-refractivity contribution in [3.8, 4) is 0 Å². The highest BCUT2D eigenvalue weighted by molar-refractivity contribution is 7.99. The van der Waals surface area contributed by atoms with Crippen molar-refractivity contribution in [1.29, 1.82) is 0 Å². The Kier molecular flexibility index (Phi) is 6.23. The van der Waals surface area contributed by atoms with Crippen LogP contribution in [0.5, 0.6) is 0 Å². The molecule has 0 fully saturated rings. The maximum Gasteiger partial charge on any atom is 0.262 e. The van der Waals surface area contributed by atoms with Crippen LogP contribution < -0.4 is 5.56 Å². The average Bonchev–Trinajstić information content (AvgIpc) is 3.23. The lowest BCUT2D eigenvalue weighted by atomic mass is 9.98. The quantitative estimate of drug-likeness (QED) is 0.300. The van der Waals surface area contributed by atoms with Gasteiger partial charge in [0.2, 0.25) is 5.78 Å². The highest BCUT2D eigenvalue weighted by atomic mass is 32.2. The average molecular weight is 435 g/mol. The molecule has 0 aliphatic carbocycles. The van der Waals surface area contributed by atoms with E-state index in [0.29, 0.717) is 22.9 Å². The molecule has 160 valence electrons. The van der Waals surface area contributed by atoms with E-state index in [1.165, 1.54) is 11.8 Å². The number of hydrogen-bond acceptors (Lipinski definition) is 5. The minimum Gasteiger partial charge on any atom is -0.293 e. The molecular weight excluding hydrogens is 408 g/mol. The van der Waals surface area contributed by atoms with Crippen molar-refractivity contribution < 1.29 is 4.79 Å². The molecule has 0 N–H and O–H groups in total. The van der Waals surface area contributed by atoms with E-state index in [2.05, 4.69) is 36.2 Å². The number of para-hydroxylation sites is 1. The first-order chi connectivity index (χ1) is 15.1. The summed E-state index contributed by atoms with van der Waals surface area (Å²) in [7, 11) is 0. The first kappa shape index (κ1) is 21.3. The van der Waals surface area contributed by atoms with Crippen LogP contribution in [-0.2, 0) is 19.4 Å². The van der Waals surface area contributed by atoms with E-state index in [-0.39, 0.29) is 17.1 Å². The summed E-state index contributed by atoms with van der Waals surface area (Å²) < 4.78 is 3.56. The number of ketones is 1. The van der Waals surface area contributed by atoms with E-state index in [1.807, 2.05) is 41.7 Å². The topological polar surface area (TPSA) is 69.3 Å². The monoisotopic (exact) mass is 434 g/mol. The molecule has 4 aromatic rings. The van der Waals surface area contributed by atoms with Gasteiger partial charge in [0.1, 0.15) is 0 Å². The molecule has 0 amide bonds. The zero-order valence-corrected chi connectivity index (χ0v) is 18.9. The molecule has 0 atom stereocenters. The molecule has 0 bridgehead atoms. The highest BCUT2D eigenvalue weighted by Crippen LogP contribution is 2.24. The van der Waals surface area contributed by atoms with E-state index >= 15 is 0 Å². The Morgan fingerprint density at radius 1 is 1.03 bits per heavy atom. The molecule has 0 saturated carbocycles. The fourth-order valence-corrected chi connectivity index (χ4v) is 4.69. The van der Waals surface area contributed by atoms with E-state index in [0.717, 1.165) is 41.5 Å². The number of carbonyl (C=O) groups is 1. The van der Waals surface area contributed by atoms with Crippen molar-refractivity contribution in [2.75, 3.05) is 5.75 Å². The molecule has 0 unspecified atom stereocenters. The number of Topliss-reactive ketones (excluding diaryl/α,β-unsaturated/α-hetero) is 1. The van der Waals surface area contributed by atoms with Crippen LogP contribution in [0.25, 0.3) is 16.7 Å². The Balaban J connectivity index is 1.74. The first-order valence-corrected chi connectivity index (χ1v) is 11.7. The molecule has 2 heterocycles. The van der Waals surface area contributed by atoms with Crippen LogP contribution in [0, 0.1) is 0 Å². The third-order valence-electron chi connectivity index (χ3n) is 5.52. The summed E-state index contributed by atoms with van der Waals surface area (Å²) in [5.41, 5.74) is 3.71. The van der Waals surface area contributed by atoms with Crippen molar-refractivity contribution >= 4 is 34.2 Å². The van der Waals surface area contributed by atoms with Gasteiger partial charge in [-0.25, -0.2) is 0 Å². The fraction of sp³-hybridized carbons (Fsp3) is 0.333. The van der Waals surface area contributed by atoms with Gasteiger partial charge in [-0.15, -0.1) is 10.2 Å². The van der Waals surface area contributed by atoms with Crippen molar-refractivity contribution in [1.82, 2.24) is 19.2 Å². The minimum absolute atomic E-state index is 0.0612. The Bertz CT molecular complexity index is 1320. The van der Waals surface area contributed by atoms with Crippen molar-refractivity contribution in [2.24, 2.45) is 0 Å². The second-order valence-electron chi connectivity index (χ2n) is 7.50. The van der Waals surface area contributed by atoms with Crippen LogP contribution in [0.2, 0.25) is 0 Å². The lowest BCUT2D eigenvalue weighted by molar-refractivity contribution is 0.102. The Morgan fingerprint density at radius 2 is 1.84 bits per heavy atom. The third-order valence-corrected chi connectivity index (χ3v) is 6.45. The molecule has 0 radical (unpaired) electrons. The molecule has 31 heavy (non-hydrogen) atoms. The molecule has 2 aromatic heterocycles. The summed E-state index contributed by atoms with van der Waals surface area (Å²) in [5.74, 6) is 0.866. The van der Waals surface area contributed by atoms with E-state index in [1.54, 1.807) is 4.57 Å². The molecule has 4 rings (SSSR count). The Morgan fingerprint density at radius 3 is 2.58 bits per heavy atom. The lowest BCUT2D eigenvalue weighted by Gasteiger charge is -2.11. The van der Waals surface area contributed by atoms with Gasteiger partial charge in [0.05, 0.1) is 16.7 Å². The summed E-state index contributed by atoms with van der Waals surface area (Å²) in [6, 6.07) is 13.6. The van der Waals surface area contributed by atoms with Gasteiger partial charge in [0, 0.05) is 12.1 Å². The summed E-state index contributed by atoms with van der Waals surface area (Å²) in [5, 5.41) is 9.88. The zero-order chi connectivity index (χ0) is 22.0. The highest BCUT2D eigenvalue weighted by Gasteiger charge is 2.18. The predicted molar refractivity (Wildman–Crippen MR) is 125 cm³/mol. The minimum atomic E-state index is -0.0612. The van der Waals surface area contributed by atoms with E-state index < -0.39 is 0 Å². The molecule has 2 aromatic carbocycles. The molecule has 0 spiro atoms. The summed E-state index contributed by atoms with van der Waals surface area (Å²) in [6.07, 6.45) is 2.53. The number of hydrogen-bond donors (Lipinski definition) is 0. The predicted octanol–water partition coefficient (Wildman–Crippen LogP) is 4.55. The summed E-state index contributed by atoms with van der Waals surface area (Å²) in [6.45, 7) is 6.75. The number of thioether (sulfide) groups is 1. The van der Waals surface area contributed by atoms with Crippen molar-refractivity contribution in [2.45, 2.75) is 51.7 Å². The number of aromatic nitrogens is 4. The van der Waals surface area contributed by atoms with E-state index in [4.69, 9.17) is 0 Å². The van der Waals surface area contributed by atoms with Gasteiger partial charge < -0.3 is 0 Å². The van der Waals surface area contributed by atoms with E-state index in [9.17, 15) is 9.59 Å². The fourth-order valence-electron chi connectivity index (χ4n) is 3.87. The van der Waals surface area contributed by atoms with Gasteiger partial charge in [0.25, 0.3) is 5.56 Å². The molecule has 0 saturated heterocycles. The van der Waals surface area contributed by atoms with Gasteiger partial charge in [0.15, 0.2) is 10.9 Å². The number of rotatable bonds is 8. The molecule has 0 aliphatic heterocycles. The normalized spacial score (nSPS) is 11.5. The Labute approximate surface area is 185 Å². The van der Waals surface area contributed by atoms with Gasteiger partial charge in [-0.2, -0.15) is 0 Å². The van der Waals surface area contributed by atoms with Gasteiger partial charge in [-0.1, -0.05) is 56.8 Å². The maximum absolute atomic E-state index is 13.1. The SMILES string of the molecule is CCCn1c(=O)c2ccccc2n2c(SCC(=O)c3cc(CC)ccc3CC)nnc12. The number of nitrogens with zero attached hydrogens (tertiary/aromatic N) is 4. The van der Waals surface area contributed by atoms with Crippen molar-refractivity contribution in [3.05, 3.63) is 69.5 Å². The first-order valence-electron chi connectivity index (χ1n) is 10.7. The molecule has 7 heteroatoms. The molecule has 6 nitrogen and oxygen atoms in total. The smallest absolute Gasteiger partial charge is 0.262 e. The summed E-state index contributed by atoms with van der Waals surface area (Å²) in [4.78, 5) is 26.0. The number of benzene rings is 2. The second-order valence-corrected chi connectivity index (χ2v) is 8.44. The van der Waals surface area contributed by atoms with Crippen LogP contribution in [0.15, 0.2) is 52.4 Å². The number of fused-ring (bicyclic) bond motifs is 3. The summed E-state index contributed by atoms with van der Waals surface area (Å²) >= 11 is 1.36. The number of aryl methyl sites for hydroxylation is 3. The van der Waals surface area contributed by atoms with Crippen LogP contribution in [0.3, 0.4) is 0 Å². The van der Waals surface area contributed by atoms with Crippen molar-refractivity contribution in [3.63, 3.8) is 0 Å². The van der Waals surface area contributed by atoms with Gasteiger partial charge >= 0.3 is 0 Å². The molecular formula is C24H26N4O2S. The Hall–Kier alpha value is -2.93. The van der Waals surface area contributed by atoms with Crippen LogP contribution in [0.4, 0.5) is 0 Å². The third kappa shape index (κ3) is 3.90. The molecule has 0 aliphatic rings. The lowest BCUT2D eigenvalue weighted by Crippen LogP contribution is -2.23.